The zero-order valence-corrected chi connectivity index (χ0v) is 10.8. The molecule has 94 valence electrons. The molecule has 0 saturated carbocycles. The first kappa shape index (κ1) is 12.5. The molecule has 1 saturated heterocycles. The maximum absolute atomic E-state index is 11.0. The number of nitrogens with one attached hydrogen (secondary N) is 1. The van der Waals surface area contributed by atoms with Crippen LogP contribution in [0.1, 0.15) is 35.0 Å². The largest absolute Gasteiger partial charge is 0.380 e. The minimum absolute atomic E-state index is 0.0507. The Kier molecular flexibility index (Phi) is 3.81. The molecule has 3 N–H and O–H groups in total. The van der Waals surface area contributed by atoms with Crippen molar-refractivity contribution in [3.8, 4) is 0 Å². The molecule has 17 heavy (non-hydrogen) atoms. The molecule has 1 aromatic rings. The summed E-state index contributed by atoms with van der Waals surface area (Å²) >= 11 is 1.56. The summed E-state index contributed by atoms with van der Waals surface area (Å²) in [6.07, 6.45) is 2.22. The van der Waals surface area contributed by atoms with Crippen molar-refractivity contribution >= 4 is 17.2 Å². The molecule has 2 rings (SSSR count). The third-order valence-corrected chi connectivity index (χ3v) is 4.00. The van der Waals surface area contributed by atoms with Gasteiger partial charge < -0.3 is 15.8 Å². The molecule has 1 aliphatic heterocycles. The maximum Gasteiger partial charge on any atom is 0.249 e. The summed E-state index contributed by atoms with van der Waals surface area (Å²) in [6, 6.07) is 1.85. The quantitative estimate of drug-likeness (QED) is 0.856. The maximum atomic E-state index is 11.0. The van der Waals surface area contributed by atoms with Crippen LogP contribution in [0.15, 0.2) is 11.4 Å². The Bertz CT molecular complexity index is 397. The topological polar surface area (TPSA) is 64.3 Å². The first-order chi connectivity index (χ1) is 8.09. The van der Waals surface area contributed by atoms with E-state index in [1.54, 1.807) is 16.7 Å². The summed E-state index contributed by atoms with van der Waals surface area (Å²) in [5.41, 5.74) is 5.86. The summed E-state index contributed by atoms with van der Waals surface area (Å²) < 4.78 is 5.48. The van der Waals surface area contributed by atoms with Crippen molar-refractivity contribution in [1.82, 2.24) is 5.32 Å². The Hall–Kier alpha value is -0.910. The molecule has 0 spiro atoms. The van der Waals surface area contributed by atoms with Crippen molar-refractivity contribution in [1.29, 1.82) is 0 Å². The number of carbonyl (C=O) groups is 1. The van der Waals surface area contributed by atoms with E-state index in [1.807, 2.05) is 6.07 Å². The van der Waals surface area contributed by atoms with Gasteiger partial charge in [0.05, 0.1) is 12.2 Å². The van der Waals surface area contributed by atoms with Gasteiger partial charge >= 0.3 is 0 Å². The molecule has 0 bridgehead atoms. The molecular weight excluding hydrogens is 236 g/mol. The second kappa shape index (κ2) is 5.16. The lowest BCUT2D eigenvalue weighted by atomic mass is 9.95. The van der Waals surface area contributed by atoms with Crippen molar-refractivity contribution in [2.75, 3.05) is 13.2 Å². The van der Waals surface area contributed by atoms with Crippen LogP contribution in [0.2, 0.25) is 0 Å². The fourth-order valence-electron chi connectivity index (χ4n) is 1.98. The molecule has 1 aliphatic rings. The normalized spacial score (nSPS) is 24.8. The van der Waals surface area contributed by atoms with Crippen molar-refractivity contribution < 1.29 is 9.53 Å². The van der Waals surface area contributed by atoms with Crippen LogP contribution in [0.3, 0.4) is 0 Å². The van der Waals surface area contributed by atoms with Crippen LogP contribution in [-0.4, -0.2) is 24.7 Å². The van der Waals surface area contributed by atoms with Gasteiger partial charge in [-0.2, -0.15) is 0 Å². The van der Waals surface area contributed by atoms with Gasteiger partial charge in [-0.3, -0.25) is 4.79 Å². The minimum Gasteiger partial charge on any atom is -0.380 e. The zero-order chi connectivity index (χ0) is 12.3. The summed E-state index contributed by atoms with van der Waals surface area (Å²) in [5, 5.41) is 5.30. The van der Waals surface area contributed by atoms with Crippen LogP contribution in [0.25, 0.3) is 0 Å². The molecule has 1 atom stereocenters. The van der Waals surface area contributed by atoms with Gasteiger partial charge in [0.1, 0.15) is 0 Å². The number of nitrogens with two attached hydrogens (primary N) is 1. The number of primary amides is 1. The predicted molar refractivity (Wildman–Crippen MR) is 68.1 cm³/mol. The molecule has 1 aromatic heterocycles. The standard InChI is InChI=1S/C12H18N2O2S/c1-12(3-2-4-16-8-12)14-6-10-5-9(7-17-10)11(13)15/h5,7,14H,2-4,6,8H2,1H3,(H2,13,15). The van der Waals surface area contributed by atoms with Crippen molar-refractivity contribution in [2.45, 2.75) is 31.8 Å². The first-order valence-electron chi connectivity index (χ1n) is 5.79. The minimum atomic E-state index is -0.361. The highest BCUT2D eigenvalue weighted by Crippen LogP contribution is 2.20. The van der Waals surface area contributed by atoms with Crippen molar-refractivity contribution in [3.63, 3.8) is 0 Å². The number of ether oxygens (including phenoxy) is 1. The van der Waals surface area contributed by atoms with E-state index in [-0.39, 0.29) is 11.4 Å². The third kappa shape index (κ3) is 3.28. The van der Waals surface area contributed by atoms with Crippen LogP contribution in [0.4, 0.5) is 0 Å². The molecule has 0 radical (unpaired) electrons. The predicted octanol–water partition coefficient (Wildman–Crippen LogP) is 1.51. The van der Waals surface area contributed by atoms with E-state index in [9.17, 15) is 4.79 Å². The number of rotatable bonds is 4. The van der Waals surface area contributed by atoms with Gasteiger partial charge in [-0.25, -0.2) is 0 Å². The van der Waals surface area contributed by atoms with Crippen LogP contribution in [0.5, 0.6) is 0 Å². The van der Waals surface area contributed by atoms with Gasteiger partial charge in [0, 0.05) is 28.9 Å². The van der Waals surface area contributed by atoms with E-state index in [0.717, 1.165) is 37.5 Å². The fourth-order valence-corrected chi connectivity index (χ4v) is 2.79. The molecule has 1 amide bonds. The first-order valence-corrected chi connectivity index (χ1v) is 6.67. The zero-order valence-electron chi connectivity index (χ0n) is 9.99. The van der Waals surface area contributed by atoms with E-state index in [2.05, 4.69) is 12.2 Å². The number of hydrogen-bond acceptors (Lipinski definition) is 4. The molecule has 4 nitrogen and oxygen atoms in total. The van der Waals surface area contributed by atoms with Crippen molar-refractivity contribution in [2.24, 2.45) is 5.73 Å². The van der Waals surface area contributed by atoms with Crippen molar-refractivity contribution in [3.05, 3.63) is 21.9 Å². The van der Waals surface area contributed by atoms with Gasteiger partial charge in [0.2, 0.25) is 5.91 Å². The molecule has 0 aliphatic carbocycles. The lowest BCUT2D eigenvalue weighted by molar-refractivity contribution is 0.0279. The lowest BCUT2D eigenvalue weighted by Gasteiger charge is -2.34. The Morgan fingerprint density at radius 1 is 1.71 bits per heavy atom. The van der Waals surface area contributed by atoms with Gasteiger partial charge in [0.25, 0.3) is 0 Å². The Balaban J connectivity index is 1.90. The summed E-state index contributed by atoms with van der Waals surface area (Å²) in [5.74, 6) is -0.361. The second-order valence-electron chi connectivity index (χ2n) is 4.74. The average Bonchev–Trinajstić information content (AvgIpc) is 2.76. The van der Waals surface area contributed by atoms with E-state index < -0.39 is 0 Å². The molecule has 2 heterocycles. The van der Waals surface area contributed by atoms with Gasteiger partial charge in [0.15, 0.2) is 0 Å². The molecular formula is C12H18N2O2S. The fraction of sp³-hybridized carbons (Fsp3) is 0.583. The molecule has 1 unspecified atom stereocenters. The number of amides is 1. The second-order valence-corrected chi connectivity index (χ2v) is 5.73. The highest BCUT2D eigenvalue weighted by atomic mass is 32.1. The SMILES string of the molecule is CC1(NCc2cc(C(N)=O)cs2)CCCOC1. The highest BCUT2D eigenvalue weighted by Gasteiger charge is 2.26. The monoisotopic (exact) mass is 254 g/mol. The van der Waals surface area contributed by atoms with E-state index >= 15 is 0 Å². The molecule has 0 aromatic carbocycles. The van der Waals surface area contributed by atoms with Crippen LogP contribution < -0.4 is 11.1 Å². The van der Waals surface area contributed by atoms with Gasteiger partial charge in [-0.1, -0.05) is 0 Å². The summed E-state index contributed by atoms with van der Waals surface area (Å²) in [7, 11) is 0. The summed E-state index contributed by atoms with van der Waals surface area (Å²) in [6.45, 7) is 4.55. The van der Waals surface area contributed by atoms with Gasteiger partial charge in [-0.15, -0.1) is 11.3 Å². The average molecular weight is 254 g/mol. The number of carbonyl (C=O) groups excluding carboxylic acids is 1. The third-order valence-electron chi connectivity index (χ3n) is 3.07. The lowest BCUT2D eigenvalue weighted by Crippen LogP contribution is -2.48. The molecule has 1 fully saturated rings. The smallest absolute Gasteiger partial charge is 0.249 e. The van der Waals surface area contributed by atoms with Gasteiger partial charge in [-0.05, 0) is 25.8 Å². The Labute approximate surface area is 105 Å². The Morgan fingerprint density at radius 3 is 3.12 bits per heavy atom. The van der Waals surface area contributed by atoms with Crippen LogP contribution in [0, 0.1) is 0 Å². The van der Waals surface area contributed by atoms with E-state index in [1.165, 1.54) is 0 Å². The summed E-state index contributed by atoms with van der Waals surface area (Å²) in [4.78, 5) is 12.1. The highest BCUT2D eigenvalue weighted by molar-refractivity contribution is 7.10. The van der Waals surface area contributed by atoms with Crippen LogP contribution in [-0.2, 0) is 11.3 Å². The molecule has 5 heteroatoms. The Morgan fingerprint density at radius 2 is 2.53 bits per heavy atom. The van der Waals surface area contributed by atoms with E-state index in [0.29, 0.717) is 5.56 Å². The number of hydrogen-bond donors (Lipinski definition) is 2. The van der Waals surface area contributed by atoms with Crippen LogP contribution >= 0.6 is 11.3 Å². The van der Waals surface area contributed by atoms with E-state index in [4.69, 9.17) is 10.5 Å². The number of thiophene rings is 1.